The topological polar surface area (TPSA) is 87.2 Å². The summed E-state index contributed by atoms with van der Waals surface area (Å²) in [4.78, 5) is 6.85. The molecule has 2 aromatic rings. The van der Waals surface area contributed by atoms with Gasteiger partial charge in [-0.2, -0.15) is 5.26 Å². The Labute approximate surface area is 153 Å². The average Bonchev–Trinajstić information content (AvgIpc) is 2.63. The van der Waals surface area contributed by atoms with Gasteiger partial charge in [-0.05, 0) is 36.6 Å². The molecule has 3 N–H and O–H groups in total. The third-order valence-electron chi connectivity index (χ3n) is 5.39. The van der Waals surface area contributed by atoms with Crippen LogP contribution in [0.2, 0.25) is 0 Å². The molecule has 0 saturated carbocycles. The van der Waals surface area contributed by atoms with Gasteiger partial charge < -0.3 is 20.7 Å². The van der Waals surface area contributed by atoms with Crippen LogP contribution in [0.25, 0.3) is 10.9 Å². The zero-order valence-corrected chi connectivity index (χ0v) is 15.1. The van der Waals surface area contributed by atoms with Crippen molar-refractivity contribution in [1.29, 1.82) is 5.26 Å². The molecule has 0 amide bonds. The van der Waals surface area contributed by atoms with Crippen molar-refractivity contribution in [1.82, 2.24) is 10.3 Å². The average molecular weight is 351 g/mol. The van der Waals surface area contributed by atoms with E-state index in [2.05, 4.69) is 40.3 Å². The Morgan fingerprint density at radius 1 is 1.38 bits per heavy atom. The number of hydrogen-bond acceptors (Lipinski definition) is 6. The Balaban J connectivity index is 1.57. The van der Waals surface area contributed by atoms with Crippen LogP contribution in [0.1, 0.15) is 18.9 Å². The second-order valence-corrected chi connectivity index (χ2v) is 7.82. The summed E-state index contributed by atoms with van der Waals surface area (Å²) < 4.78 is 5.25. The highest BCUT2D eigenvalue weighted by Gasteiger charge is 2.35. The Morgan fingerprint density at radius 2 is 2.23 bits per heavy atom. The zero-order valence-electron chi connectivity index (χ0n) is 15.1. The van der Waals surface area contributed by atoms with Crippen molar-refractivity contribution in [2.75, 3.05) is 37.7 Å². The Kier molecular flexibility index (Phi) is 4.53. The highest BCUT2D eigenvalue weighted by molar-refractivity contribution is 5.95. The van der Waals surface area contributed by atoms with Gasteiger partial charge in [-0.25, -0.2) is 0 Å². The Morgan fingerprint density at radius 3 is 2.96 bits per heavy atom. The number of nitrogens with two attached hydrogens (primary N) is 1. The van der Waals surface area contributed by atoms with Crippen molar-refractivity contribution in [3.63, 3.8) is 0 Å². The number of fused-ring (bicyclic) bond motifs is 1. The SMILES string of the molecule is C[C@H]1C[C@@H](NCC2(N)COC2)CN(c2ccc(C#N)c3ncccc23)C1. The maximum Gasteiger partial charge on any atom is 0.101 e. The van der Waals surface area contributed by atoms with Crippen LogP contribution in [0.3, 0.4) is 0 Å². The molecule has 136 valence electrons. The van der Waals surface area contributed by atoms with Gasteiger partial charge in [0, 0.05) is 42.9 Å². The fourth-order valence-electron chi connectivity index (χ4n) is 4.03. The van der Waals surface area contributed by atoms with Crippen LogP contribution in [-0.2, 0) is 4.74 Å². The van der Waals surface area contributed by atoms with E-state index in [4.69, 9.17) is 10.5 Å². The molecular formula is C20H25N5O. The predicted octanol–water partition coefficient (Wildman–Crippen LogP) is 1.64. The second kappa shape index (κ2) is 6.84. The van der Waals surface area contributed by atoms with Gasteiger partial charge in [0.15, 0.2) is 0 Å². The molecule has 4 rings (SSSR count). The minimum absolute atomic E-state index is 0.212. The number of piperidine rings is 1. The van der Waals surface area contributed by atoms with Crippen molar-refractivity contribution in [2.24, 2.45) is 11.7 Å². The van der Waals surface area contributed by atoms with E-state index in [1.807, 2.05) is 12.1 Å². The summed E-state index contributed by atoms with van der Waals surface area (Å²) in [7, 11) is 0. The van der Waals surface area contributed by atoms with E-state index in [1.54, 1.807) is 6.20 Å². The number of nitrogens with one attached hydrogen (secondary N) is 1. The van der Waals surface area contributed by atoms with Gasteiger partial charge in [0.05, 0.1) is 29.8 Å². The fraction of sp³-hybridized carbons (Fsp3) is 0.500. The van der Waals surface area contributed by atoms with Crippen LogP contribution < -0.4 is 16.0 Å². The molecule has 2 aliphatic heterocycles. The lowest BCUT2D eigenvalue weighted by atomic mass is 9.93. The molecule has 6 heteroatoms. The summed E-state index contributed by atoms with van der Waals surface area (Å²) >= 11 is 0. The van der Waals surface area contributed by atoms with Gasteiger partial charge in [-0.1, -0.05) is 6.92 Å². The molecule has 3 heterocycles. The number of pyridine rings is 1. The van der Waals surface area contributed by atoms with E-state index in [0.29, 0.717) is 30.7 Å². The van der Waals surface area contributed by atoms with E-state index in [9.17, 15) is 5.26 Å². The number of benzene rings is 1. The summed E-state index contributed by atoms with van der Waals surface area (Å²) in [5.74, 6) is 0.579. The molecule has 0 spiro atoms. The van der Waals surface area contributed by atoms with Crippen molar-refractivity contribution in [3.05, 3.63) is 36.0 Å². The van der Waals surface area contributed by atoms with Gasteiger partial charge in [-0.15, -0.1) is 0 Å². The first kappa shape index (κ1) is 17.2. The Bertz CT molecular complexity index is 842. The number of nitriles is 1. The molecule has 26 heavy (non-hydrogen) atoms. The molecule has 2 fully saturated rings. The summed E-state index contributed by atoms with van der Waals surface area (Å²) in [6.45, 7) is 6.28. The number of hydrogen-bond donors (Lipinski definition) is 2. The zero-order chi connectivity index (χ0) is 18.1. The number of rotatable bonds is 4. The fourth-order valence-corrected chi connectivity index (χ4v) is 4.03. The minimum Gasteiger partial charge on any atom is -0.377 e. The van der Waals surface area contributed by atoms with Crippen LogP contribution in [0, 0.1) is 17.2 Å². The molecular weight excluding hydrogens is 326 g/mol. The largest absolute Gasteiger partial charge is 0.377 e. The van der Waals surface area contributed by atoms with Gasteiger partial charge in [0.1, 0.15) is 6.07 Å². The maximum absolute atomic E-state index is 9.36. The van der Waals surface area contributed by atoms with Crippen LogP contribution >= 0.6 is 0 Å². The molecule has 2 atom stereocenters. The molecule has 0 unspecified atom stereocenters. The van der Waals surface area contributed by atoms with Crippen molar-refractivity contribution in [3.8, 4) is 6.07 Å². The molecule has 0 aliphatic carbocycles. The summed E-state index contributed by atoms with van der Waals surface area (Å²) in [5.41, 5.74) is 8.61. The lowest BCUT2D eigenvalue weighted by molar-refractivity contribution is -0.0533. The van der Waals surface area contributed by atoms with Crippen molar-refractivity contribution >= 4 is 16.6 Å². The van der Waals surface area contributed by atoms with Crippen molar-refractivity contribution in [2.45, 2.75) is 24.9 Å². The molecule has 6 nitrogen and oxygen atoms in total. The molecule has 2 aliphatic rings. The van der Waals surface area contributed by atoms with E-state index < -0.39 is 0 Å². The third-order valence-corrected chi connectivity index (χ3v) is 5.39. The first-order valence-electron chi connectivity index (χ1n) is 9.21. The first-order chi connectivity index (χ1) is 12.6. The van der Waals surface area contributed by atoms with Crippen LogP contribution in [0.4, 0.5) is 5.69 Å². The molecule has 1 aromatic heterocycles. The molecule has 1 aromatic carbocycles. The number of aromatic nitrogens is 1. The number of anilines is 1. The normalized spacial score (nSPS) is 24.9. The highest BCUT2D eigenvalue weighted by atomic mass is 16.5. The maximum atomic E-state index is 9.36. The lowest BCUT2D eigenvalue weighted by Crippen LogP contribution is -2.65. The second-order valence-electron chi connectivity index (χ2n) is 7.82. The van der Waals surface area contributed by atoms with Gasteiger partial charge in [0.2, 0.25) is 0 Å². The van der Waals surface area contributed by atoms with Gasteiger partial charge in [0.25, 0.3) is 0 Å². The standard InChI is InChI=1S/C20H25N5O/c1-14-7-16(24-11-20(22)12-26-13-20)10-25(9-14)18-5-4-15(8-21)19-17(18)3-2-6-23-19/h2-6,14,16,24H,7,9-13,22H2,1H3/t14-,16+/m0/s1. The quantitative estimate of drug-likeness (QED) is 0.871. The summed E-state index contributed by atoms with van der Waals surface area (Å²) in [6, 6.07) is 10.6. The van der Waals surface area contributed by atoms with Gasteiger partial charge in [-0.3, -0.25) is 4.98 Å². The monoisotopic (exact) mass is 351 g/mol. The number of nitrogens with zero attached hydrogens (tertiary/aromatic N) is 3. The highest BCUT2D eigenvalue weighted by Crippen LogP contribution is 2.31. The van der Waals surface area contributed by atoms with E-state index in [1.165, 1.54) is 0 Å². The van der Waals surface area contributed by atoms with Crippen molar-refractivity contribution < 1.29 is 4.74 Å². The number of ether oxygens (including phenoxy) is 1. The Hall–Kier alpha value is -2.20. The first-order valence-corrected chi connectivity index (χ1v) is 9.21. The van der Waals surface area contributed by atoms with Crippen LogP contribution in [-0.4, -0.2) is 49.4 Å². The predicted molar refractivity (Wildman–Crippen MR) is 102 cm³/mol. The lowest BCUT2D eigenvalue weighted by Gasteiger charge is -2.42. The summed E-state index contributed by atoms with van der Waals surface area (Å²) in [6.07, 6.45) is 2.89. The van der Waals surface area contributed by atoms with Crippen LogP contribution in [0.15, 0.2) is 30.5 Å². The third kappa shape index (κ3) is 3.26. The van der Waals surface area contributed by atoms with Crippen LogP contribution in [0.5, 0.6) is 0 Å². The summed E-state index contributed by atoms with van der Waals surface area (Å²) in [5, 5.41) is 14.1. The van der Waals surface area contributed by atoms with E-state index >= 15 is 0 Å². The molecule has 0 radical (unpaired) electrons. The molecule has 2 saturated heterocycles. The van der Waals surface area contributed by atoms with E-state index in [0.717, 1.165) is 42.6 Å². The minimum atomic E-state index is -0.212. The van der Waals surface area contributed by atoms with Gasteiger partial charge >= 0.3 is 0 Å². The molecule has 0 bridgehead atoms. The van der Waals surface area contributed by atoms with E-state index in [-0.39, 0.29) is 5.54 Å². The smallest absolute Gasteiger partial charge is 0.101 e.